The maximum Gasteiger partial charge on any atom is 0.143 e. The van der Waals surface area contributed by atoms with Gasteiger partial charge in [-0.2, -0.15) is 0 Å². The van der Waals surface area contributed by atoms with E-state index in [0.717, 1.165) is 99.2 Å². The molecule has 25 rings (SSSR count). The second-order valence-corrected chi connectivity index (χ2v) is 37.4. The van der Waals surface area contributed by atoms with Gasteiger partial charge in [-0.1, -0.05) is 402 Å². The van der Waals surface area contributed by atoms with Gasteiger partial charge in [-0.3, -0.25) is 0 Å². The monoisotopic (exact) mass is 1590 g/mol. The molecule has 0 amide bonds. The second kappa shape index (κ2) is 28.2. The Morgan fingerprint density at radius 1 is 0.169 bits per heavy atom. The van der Waals surface area contributed by atoms with Crippen LogP contribution in [-0.2, 0) is 16.2 Å². The van der Waals surface area contributed by atoms with Crippen LogP contribution < -0.4 is 0 Å². The van der Waals surface area contributed by atoms with Crippen LogP contribution in [0.4, 0.5) is 0 Å². The summed E-state index contributed by atoms with van der Waals surface area (Å²) in [7, 11) is 0. The third kappa shape index (κ3) is 12.2. The molecule has 3 nitrogen and oxygen atoms in total. The van der Waals surface area contributed by atoms with E-state index >= 15 is 0 Å². The fraction of sp³-hybridized carbons (Fsp3) is 0.107. The molecule has 0 unspecified atom stereocenters. The fourth-order valence-corrected chi connectivity index (χ4v) is 20.1. The average molecular weight is 1590 g/mol. The van der Waals surface area contributed by atoms with Crippen LogP contribution in [-0.4, -0.2) is 0 Å². The second-order valence-electron chi connectivity index (χ2n) is 37.4. The van der Waals surface area contributed by atoms with Gasteiger partial charge in [0.15, 0.2) is 0 Å². The summed E-state index contributed by atoms with van der Waals surface area (Å²) < 4.78 is 19.0. The molecule has 592 valence electrons. The lowest BCUT2D eigenvalue weighted by Crippen LogP contribution is -2.10. The molecule has 0 radical (unpaired) electrons. The molecule has 0 saturated carbocycles. The van der Waals surface area contributed by atoms with E-state index in [4.69, 9.17) is 13.3 Å². The molecule has 25 aromatic rings. The molecule has 0 aliphatic carbocycles. The van der Waals surface area contributed by atoms with Gasteiger partial charge in [-0.15, -0.1) is 0 Å². The number of rotatable bonds is 7. The van der Waals surface area contributed by atoms with Gasteiger partial charge in [-0.05, 0) is 228 Å². The zero-order valence-electron chi connectivity index (χ0n) is 71.4. The van der Waals surface area contributed by atoms with Crippen molar-refractivity contribution in [1.29, 1.82) is 0 Å². The standard InChI is InChI=1S/C44H32O.C39H30O.C38H28O/c1-44(2,3)32-24-30-20-22-35-38(27-10-5-4-6-11-27)26-39(36-23-21-31(25-32)41(30)42(35)36)29-18-16-28(17-19-29)33-13-9-14-37-34-12-7-8-15-40(34)45-43(33)37;1-23-20-34(32-19-17-27-22-28(39(2,3)4)21-26-16-18-29(23)37(32)36(26)27)25-14-12-24(13-15-25)30-9-7-10-33-31-8-5-6-11-35(31)40-38(30)33;1-38(2,3)28-21-26-16-15-25-17-19-29(32-20-18-27(22-28)35(26)36(25)32)23-11-13-24(14-12-23)30-8-6-9-33-31-7-4-5-10-34(31)39-37(30)33/h4-26H,1-3H3;5-22H,1-4H3;4-22H,1-3H3. The van der Waals surface area contributed by atoms with Crippen LogP contribution in [0.3, 0.4) is 0 Å². The van der Waals surface area contributed by atoms with Gasteiger partial charge in [0.1, 0.15) is 33.5 Å². The van der Waals surface area contributed by atoms with Crippen LogP contribution >= 0.6 is 0 Å². The smallest absolute Gasteiger partial charge is 0.143 e. The summed E-state index contributed by atoms with van der Waals surface area (Å²) in [6, 6.07) is 133. The van der Waals surface area contributed by atoms with Crippen LogP contribution in [0.15, 0.2) is 377 Å². The molecule has 0 spiro atoms. The van der Waals surface area contributed by atoms with E-state index in [2.05, 4.69) is 397 Å². The Bertz CT molecular complexity index is 8500. The Balaban J connectivity index is 0.000000108. The van der Waals surface area contributed by atoms with E-state index in [1.54, 1.807) is 0 Å². The molecule has 0 N–H and O–H groups in total. The lowest BCUT2D eigenvalue weighted by atomic mass is 9.81. The molecule has 0 aliphatic heterocycles. The van der Waals surface area contributed by atoms with E-state index in [1.165, 1.54) is 164 Å². The van der Waals surface area contributed by atoms with Crippen molar-refractivity contribution in [1.82, 2.24) is 0 Å². The number of fused-ring (bicyclic) bond motifs is 9. The Morgan fingerprint density at radius 3 is 0.806 bits per heavy atom. The first-order valence-electron chi connectivity index (χ1n) is 43.6. The number of aryl methyl sites for hydroxylation is 1. The van der Waals surface area contributed by atoms with Crippen molar-refractivity contribution in [3.8, 4) is 77.9 Å². The molecule has 22 aromatic carbocycles. The lowest BCUT2D eigenvalue weighted by Gasteiger charge is -2.23. The minimum absolute atomic E-state index is 0.0826. The summed E-state index contributed by atoms with van der Waals surface area (Å²) in [5.74, 6) is 0. The Kier molecular flexibility index (Phi) is 16.9. The maximum atomic E-state index is 6.37. The summed E-state index contributed by atoms with van der Waals surface area (Å²) in [4.78, 5) is 0. The van der Waals surface area contributed by atoms with Gasteiger partial charge in [0.05, 0.1) is 0 Å². The van der Waals surface area contributed by atoms with Gasteiger partial charge in [0.2, 0.25) is 0 Å². The third-order valence-corrected chi connectivity index (χ3v) is 26.7. The van der Waals surface area contributed by atoms with Crippen LogP contribution in [0.1, 0.15) is 84.6 Å². The molecule has 0 atom stereocenters. The first kappa shape index (κ1) is 74.4. The van der Waals surface area contributed by atoms with Crippen molar-refractivity contribution in [2.75, 3.05) is 0 Å². The number of benzene rings is 22. The van der Waals surface area contributed by atoms with Gasteiger partial charge >= 0.3 is 0 Å². The summed E-state index contributed by atoms with van der Waals surface area (Å²) in [5, 5.41) is 30.9. The molecule has 0 saturated heterocycles. The van der Waals surface area contributed by atoms with Crippen LogP contribution in [0, 0.1) is 6.92 Å². The topological polar surface area (TPSA) is 39.4 Å². The van der Waals surface area contributed by atoms with Crippen molar-refractivity contribution in [2.24, 2.45) is 0 Å². The summed E-state index contributed by atoms with van der Waals surface area (Å²) in [6.07, 6.45) is 0. The Labute approximate surface area is 720 Å². The molecular weight excluding hydrogens is 1500 g/mol. The molecule has 0 fully saturated rings. The van der Waals surface area contributed by atoms with E-state index in [0.29, 0.717) is 0 Å². The van der Waals surface area contributed by atoms with Crippen molar-refractivity contribution < 1.29 is 13.3 Å². The molecule has 3 heteroatoms. The molecular formula is C121H90O3. The molecule has 0 bridgehead atoms. The highest BCUT2D eigenvalue weighted by Crippen LogP contribution is 2.50. The molecule has 3 heterocycles. The van der Waals surface area contributed by atoms with Crippen LogP contribution in [0.25, 0.3) is 241 Å². The summed E-state index contributed by atoms with van der Waals surface area (Å²) in [6.45, 7) is 22.9. The van der Waals surface area contributed by atoms with E-state index in [9.17, 15) is 0 Å². The zero-order valence-corrected chi connectivity index (χ0v) is 71.4. The Hall–Kier alpha value is -14.6. The SMILES string of the molecule is CC(C)(C)c1cc2ccc3c(-c4ccccc4)cc(-c4ccc(-c5cccc6c5oc5ccccc56)cc4)c4ccc(c1)c2c34.CC(C)(C)c1cc2ccc3ccc(-c4ccc(-c5cccc6c5oc5ccccc56)cc4)c4ccc(c1)c2c34.Cc1cc(-c2ccc(-c3cccc4c3oc3ccccc34)cc2)c2ccc3cc(C(C)(C)C)cc4ccc1c2c43. The average Bonchev–Trinajstić information content (AvgIpc) is 1.03. The van der Waals surface area contributed by atoms with Gasteiger partial charge < -0.3 is 13.3 Å². The van der Waals surface area contributed by atoms with E-state index in [-0.39, 0.29) is 16.2 Å². The van der Waals surface area contributed by atoms with Crippen molar-refractivity contribution in [3.63, 3.8) is 0 Å². The normalized spacial score (nSPS) is 12.4. The number of para-hydroxylation sites is 6. The summed E-state index contributed by atoms with van der Waals surface area (Å²) in [5.41, 5.74) is 28.2. The third-order valence-electron chi connectivity index (χ3n) is 26.7. The van der Waals surface area contributed by atoms with Gasteiger partial charge in [-0.25, -0.2) is 0 Å². The minimum atomic E-state index is 0.0826. The van der Waals surface area contributed by atoms with Crippen molar-refractivity contribution in [3.05, 3.63) is 386 Å². The van der Waals surface area contributed by atoms with Crippen molar-refractivity contribution >= 4 is 163 Å². The molecule has 0 aliphatic rings. The zero-order chi connectivity index (χ0) is 83.8. The van der Waals surface area contributed by atoms with E-state index in [1.807, 2.05) is 36.4 Å². The van der Waals surface area contributed by atoms with Gasteiger partial charge in [0, 0.05) is 49.0 Å². The highest BCUT2D eigenvalue weighted by Gasteiger charge is 2.26. The molecule has 124 heavy (non-hydrogen) atoms. The van der Waals surface area contributed by atoms with E-state index < -0.39 is 0 Å². The highest BCUT2D eigenvalue weighted by molar-refractivity contribution is 6.30. The number of hydrogen-bond donors (Lipinski definition) is 0. The van der Waals surface area contributed by atoms with Crippen LogP contribution in [0.5, 0.6) is 0 Å². The molecule has 3 aromatic heterocycles. The maximum absolute atomic E-state index is 6.37. The largest absolute Gasteiger partial charge is 0.455 e. The highest BCUT2D eigenvalue weighted by atomic mass is 16.3. The lowest BCUT2D eigenvalue weighted by molar-refractivity contribution is 0.591. The predicted octanol–water partition coefficient (Wildman–Crippen LogP) is 35.3. The quantitative estimate of drug-likeness (QED) is 0.149. The van der Waals surface area contributed by atoms with Gasteiger partial charge in [0.25, 0.3) is 0 Å². The predicted molar refractivity (Wildman–Crippen MR) is 531 cm³/mol. The first-order valence-corrected chi connectivity index (χ1v) is 43.6. The number of hydrogen-bond acceptors (Lipinski definition) is 3. The van der Waals surface area contributed by atoms with Crippen molar-refractivity contribution in [2.45, 2.75) is 85.5 Å². The fourth-order valence-electron chi connectivity index (χ4n) is 20.1. The Morgan fingerprint density at radius 2 is 0.435 bits per heavy atom. The number of furan rings is 3. The van der Waals surface area contributed by atoms with Crippen LogP contribution in [0.2, 0.25) is 0 Å². The summed E-state index contributed by atoms with van der Waals surface area (Å²) >= 11 is 0. The first-order chi connectivity index (χ1) is 60.3. The minimum Gasteiger partial charge on any atom is -0.455 e.